The predicted molar refractivity (Wildman–Crippen MR) is 87.2 cm³/mol. The first-order valence-corrected chi connectivity index (χ1v) is 8.06. The summed E-state index contributed by atoms with van der Waals surface area (Å²) in [5, 5.41) is 2.44. The second-order valence-corrected chi connectivity index (χ2v) is 6.13. The second kappa shape index (κ2) is 7.69. The van der Waals surface area contributed by atoms with E-state index in [2.05, 4.69) is 5.32 Å². The monoisotopic (exact) mass is 371 g/mol. The van der Waals surface area contributed by atoms with E-state index in [0.717, 1.165) is 42.1 Å². The molecule has 0 aromatic heterocycles. The highest BCUT2D eigenvalue weighted by Crippen LogP contribution is 2.30. The zero-order chi connectivity index (χ0) is 18.6. The number of amides is 1. The molecule has 1 amide bonds. The molecule has 0 saturated carbocycles. The number of carbonyl (C=O) groups excluding carboxylic acids is 2. The van der Waals surface area contributed by atoms with Crippen LogP contribution in [0.4, 0.5) is 23.2 Å². The molecule has 0 radical (unpaired) electrons. The van der Waals surface area contributed by atoms with Gasteiger partial charge in [0, 0.05) is 16.1 Å². The lowest BCUT2D eigenvalue weighted by Crippen LogP contribution is -2.14. The summed E-state index contributed by atoms with van der Waals surface area (Å²) in [6, 6.07) is 7.98. The van der Waals surface area contributed by atoms with Gasteiger partial charge in [0.05, 0.1) is 11.3 Å². The summed E-state index contributed by atoms with van der Waals surface area (Å²) in [5.41, 5.74) is -0.366. The molecular formula is C17H13F4NO2S. The molecule has 0 spiro atoms. The Morgan fingerprint density at radius 2 is 1.72 bits per heavy atom. The van der Waals surface area contributed by atoms with E-state index < -0.39 is 23.5 Å². The number of carbonyl (C=O) groups is 2. The van der Waals surface area contributed by atoms with E-state index in [0.29, 0.717) is 0 Å². The number of anilines is 1. The van der Waals surface area contributed by atoms with Gasteiger partial charge in [-0.15, -0.1) is 11.8 Å². The average molecular weight is 371 g/mol. The van der Waals surface area contributed by atoms with E-state index in [1.165, 1.54) is 19.1 Å². The van der Waals surface area contributed by atoms with Gasteiger partial charge in [-0.05, 0) is 43.3 Å². The molecule has 0 aliphatic heterocycles. The Kier molecular flexibility index (Phi) is 5.84. The standard InChI is InChI=1S/C17H13F4NO2S/c1-10(23)11-2-7-15(14(18)8-11)25-9-16(24)22-13-5-3-12(4-6-13)17(19,20)21/h2-8H,9H2,1H3,(H,22,24). The van der Waals surface area contributed by atoms with Gasteiger partial charge in [-0.3, -0.25) is 9.59 Å². The van der Waals surface area contributed by atoms with E-state index in [1.807, 2.05) is 0 Å². The van der Waals surface area contributed by atoms with Crippen LogP contribution in [0.5, 0.6) is 0 Å². The zero-order valence-electron chi connectivity index (χ0n) is 13.0. The summed E-state index contributed by atoms with van der Waals surface area (Å²) in [5.74, 6) is -1.49. The number of ketones is 1. The third kappa shape index (κ3) is 5.32. The fourth-order valence-electron chi connectivity index (χ4n) is 1.92. The van der Waals surface area contributed by atoms with Crippen molar-refractivity contribution in [3.63, 3.8) is 0 Å². The minimum absolute atomic E-state index is 0.128. The summed E-state index contributed by atoms with van der Waals surface area (Å²) in [6.07, 6.45) is -4.44. The Morgan fingerprint density at radius 1 is 1.08 bits per heavy atom. The summed E-state index contributed by atoms with van der Waals surface area (Å²) >= 11 is 0.924. The third-order valence-corrected chi connectivity index (χ3v) is 4.24. The molecule has 2 aromatic carbocycles. The third-order valence-electron chi connectivity index (χ3n) is 3.19. The smallest absolute Gasteiger partial charge is 0.325 e. The van der Waals surface area contributed by atoms with Crippen molar-refractivity contribution in [2.75, 3.05) is 11.1 Å². The first-order chi connectivity index (χ1) is 11.7. The van der Waals surface area contributed by atoms with Crippen LogP contribution < -0.4 is 5.32 Å². The van der Waals surface area contributed by atoms with Gasteiger partial charge in [0.25, 0.3) is 0 Å². The maximum Gasteiger partial charge on any atom is 0.416 e. The molecule has 0 saturated heterocycles. The molecule has 0 fully saturated rings. The highest BCUT2D eigenvalue weighted by atomic mass is 32.2. The summed E-state index contributed by atoms with van der Waals surface area (Å²) < 4.78 is 51.2. The number of hydrogen-bond donors (Lipinski definition) is 1. The maximum absolute atomic E-state index is 13.8. The first kappa shape index (κ1) is 19.0. The number of hydrogen-bond acceptors (Lipinski definition) is 3. The number of alkyl halides is 3. The fourth-order valence-corrected chi connectivity index (χ4v) is 2.64. The van der Waals surface area contributed by atoms with E-state index in [1.54, 1.807) is 0 Å². The van der Waals surface area contributed by atoms with Crippen molar-refractivity contribution in [1.82, 2.24) is 0 Å². The Hall–Kier alpha value is -2.35. The molecule has 2 aromatic rings. The van der Waals surface area contributed by atoms with Crippen LogP contribution in [-0.2, 0) is 11.0 Å². The Balaban J connectivity index is 1.94. The number of Topliss-reactive ketones (excluding diaryl/α,β-unsaturated/α-hetero) is 1. The van der Waals surface area contributed by atoms with Gasteiger partial charge in [-0.1, -0.05) is 6.07 Å². The molecule has 25 heavy (non-hydrogen) atoms. The normalized spacial score (nSPS) is 11.2. The van der Waals surface area contributed by atoms with Crippen molar-refractivity contribution < 1.29 is 27.2 Å². The molecule has 1 N–H and O–H groups in total. The molecule has 0 aliphatic carbocycles. The van der Waals surface area contributed by atoms with Crippen LogP contribution in [0.3, 0.4) is 0 Å². The first-order valence-electron chi connectivity index (χ1n) is 7.07. The number of benzene rings is 2. The Labute approximate surface area is 145 Å². The molecular weight excluding hydrogens is 358 g/mol. The summed E-state index contributed by atoms with van der Waals surface area (Å²) in [6.45, 7) is 1.32. The minimum atomic E-state index is -4.44. The van der Waals surface area contributed by atoms with Crippen LogP contribution in [-0.4, -0.2) is 17.4 Å². The maximum atomic E-state index is 13.8. The van der Waals surface area contributed by atoms with Crippen LogP contribution >= 0.6 is 11.8 Å². The van der Waals surface area contributed by atoms with Gasteiger partial charge >= 0.3 is 6.18 Å². The fraction of sp³-hybridized carbons (Fsp3) is 0.176. The second-order valence-electron chi connectivity index (χ2n) is 5.11. The van der Waals surface area contributed by atoms with E-state index in [-0.39, 0.29) is 27.7 Å². The highest BCUT2D eigenvalue weighted by Gasteiger charge is 2.29. The van der Waals surface area contributed by atoms with Gasteiger partial charge < -0.3 is 5.32 Å². The van der Waals surface area contributed by atoms with Crippen LogP contribution in [0.2, 0.25) is 0 Å². The number of halogens is 4. The molecule has 3 nitrogen and oxygen atoms in total. The van der Waals surface area contributed by atoms with Crippen molar-refractivity contribution in [1.29, 1.82) is 0 Å². The molecule has 0 atom stereocenters. The van der Waals surface area contributed by atoms with Crippen molar-refractivity contribution in [2.24, 2.45) is 0 Å². The quantitative estimate of drug-likeness (QED) is 0.468. The van der Waals surface area contributed by atoms with Crippen LogP contribution in [0, 0.1) is 5.82 Å². The van der Waals surface area contributed by atoms with Crippen molar-refractivity contribution in [3.8, 4) is 0 Å². The van der Waals surface area contributed by atoms with Crippen LogP contribution in [0.25, 0.3) is 0 Å². The van der Waals surface area contributed by atoms with E-state index in [4.69, 9.17) is 0 Å². The van der Waals surface area contributed by atoms with Crippen molar-refractivity contribution >= 4 is 29.1 Å². The SMILES string of the molecule is CC(=O)c1ccc(SCC(=O)Nc2ccc(C(F)(F)F)cc2)c(F)c1. The van der Waals surface area contributed by atoms with Gasteiger partial charge in [0.1, 0.15) is 5.82 Å². The van der Waals surface area contributed by atoms with E-state index >= 15 is 0 Å². The highest BCUT2D eigenvalue weighted by molar-refractivity contribution is 8.00. The van der Waals surface area contributed by atoms with Crippen LogP contribution in [0.1, 0.15) is 22.8 Å². The number of nitrogens with one attached hydrogen (secondary N) is 1. The molecule has 0 unspecified atom stereocenters. The van der Waals surface area contributed by atoms with Gasteiger partial charge in [-0.2, -0.15) is 13.2 Å². The molecule has 2 rings (SSSR count). The van der Waals surface area contributed by atoms with Crippen LogP contribution in [0.15, 0.2) is 47.4 Å². The molecule has 8 heteroatoms. The lowest BCUT2D eigenvalue weighted by atomic mass is 10.1. The summed E-state index contributed by atoms with van der Waals surface area (Å²) in [7, 11) is 0. The van der Waals surface area contributed by atoms with Crippen molar-refractivity contribution in [2.45, 2.75) is 18.0 Å². The van der Waals surface area contributed by atoms with Gasteiger partial charge in [-0.25, -0.2) is 4.39 Å². The molecule has 132 valence electrons. The van der Waals surface area contributed by atoms with Gasteiger partial charge in [0.15, 0.2) is 5.78 Å². The van der Waals surface area contributed by atoms with E-state index in [9.17, 15) is 27.2 Å². The minimum Gasteiger partial charge on any atom is -0.325 e. The average Bonchev–Trinajstić information content (AvgIpc) is 2.53. The lowest BCUT2D eigenvalue weighted by Gasteiger charge is -2.09. The predicted octanol–water partition coefficient (Wildman–Crippen LogP) is 4.78. The molecule has 0 aliphatic rings. The Bertz CT molecular complexity index is 788. The number of rotatable bonds is 5. The summed E-state index contributed by atoms with van der Waals surface area (Å²) in [4.78, 5) is 23.2. The molecule has 0 bridgehead atoms. The topological polar surface area (TPSA) is 46.2 Å². The largest absolute Gasteiger partial charge is 0.416 e. The van der Waals surface area contributed by atoms with Gasteiger partial charge in [0.2, 0.25) is 5.91 Å². The van der Waals surface area contributed by atoms with Crippen molar-refractivity contribution in [3.05, 3.63) is 59.4 Å². The molecule has 0 heterocycles. The number of thioether (sulfide) groups is 1. The lowest BCUT2D eigenvalue weighted by molar-refractivity contribution is -0.137. The Morgan fingerprint density at radius 3 is 2.24 bits per heavy atom. The zero-order valence-corrected chi connectivity index (χ0v) is 13.8.